The maximum Gasteiger partial charge on any atom is 0.256 e. The third kappa shape index (κ3) is 7.49. The van der Waals surface area contributed by atoms with Gasteiger partial charge in [-0.2, -0.15) is 0 Å². The minimum atomic E-state index is -0.732. The molecule has 0 fully saturated rings. The van der Waals surface area contributed by atoms with Crippen LogP contribution in [0.4, 0.5) is 17.1 Å². The first-order valence-electron chi connectivity index (χ1n) is 32.2. The first-order chi connectivity index (χ1) is 43.5. The zero-order valence-corrected chi connectivity index (χ0v) is 44.3. The molecule has 0 spiro atoms. The molecule has 0 amide bonds. The number of anilines is 3. The molecule has 80 heavy (non-hydrogen) atoms. The molecule has 12 aromatic carbocycles. The second-order valence-corrected chi connectivity index (χ2v) is 22.0. The van der Waals surface area contributed by atoms with Crippen LogP contribution in [0.3, 0.4) is 0 Å². The zero-order chi connectivity index (χ0) is 62.2. The Morgan fingerprint density at radius 1 is 0.400 bits per heavy atom. The topological polar surface area (TPSA) is 12.5 Å². The fourth-order valence-electron chi connectivity index (χ4n) is 13.0. The average molecular weight is 1030 g/mol. The summed E-state index contributed by atoms with van der Waals surface area (Å²) in [7, 11) is 0. The van der Waals surface area contributed by atoms with E-state index in [1.807, 2.05) is 66.7 Å². The Bertz CT molecular complexity index is 4820. The second kappa shape index (κ2) is 18.8. The van der Waals surface area contributed by atoms with Gasteiger partial charge in [0.1, 0.15) is 11.5 Å². The van der Waals surface area contributed by atoms with Crippen molar-refractivity contribution in [2.24, 2.45) is 0 Å². The van der Waals surface area contributed by atoms with E-state index >= 15 is 0 Å². The summed E-state index contributed by atoms with van der Waals surface area (Å²) in [5.41, 5.74) is 17.4. The Morgan fingerprint density at radius 2 is 0.938 bits per heavy atom. The highest BCUT2D eigenvalue weighted by Crippen LogP contribution is 2.59. The summed E-state index contributed by atoms with van der Waals surface area (Å²) in [6, 6.07) is 73.0. The van der Waals surface area contributed by atoms with Gasteiger partial charge in [0.2, 0.25) is 0 Å². The average Bonchev–Trinajstić information content (AvgIpc) is 1.38. The molecule has 0 atom stereocenters. The molecule has 0 radical (unpaired) electrons. The van der Waals surface area contributed by atoms with Crippen molar-refractivity contribution in [3.05, 3.63) is 313 Å². The monoisotopic (exact) mass is 1030 g/mol. The number of rotatable bonds is 8. The van der Waals surface area contributed by atoms with Gasteiger partial charge < -0.3 is 9.64 Å². The van der Waals surface area contributed by atoms with Crippen LogP contribution in [0.1, 0.15) is 62.3 Å². The summed E-state index contributed by atoms with van der Waals surface area (Å²) in [5, 5.41) is 0. The predicted molar refractivity (Wildman–Crippen MR) is 335 cm³/mol. The van der Waals surface area contributed by atoms with Gasteiger partial charge in [-0.15, -0.1) is 0 Å². The van der Waals surface area contributed by atoms with Gasteiger partial charge in [-0.3, -0.25) is 0 Å². The lowest BCUT2D eigenvalue weighted by Crippen LogP contribution is -2.59. The van der Waals surface area contributed by atoms with E-state index in [0.29, 0.717) is 34.0 Å². The first-order valence-corrected chi connectivity index (χ1v) is 27.2. The van der Waals surface area contributed by atoms with E-state index in [1.54, 1.807) is 6.07 Å². The fraction of sp³-hybridized carbons (Fsp3) is 0.0649. The van der Waals surface area contributed by atoms with Gasteiger partial charge in [-0.05, 0) is 142 Å². The second-order valence-electron chi connectivity index (χ2n) is 22.0. The van der Waals surface area contributed by atoms with Crippen molar-refractivity contribution < 1.29 is 18.4 Å². The Labute approximate surface area is 484 Å². The highest BCUT2D eigenvalue weighted by molar-refractivity contribution is 6.99. The smallest absolute Gasteiger partial charge is 0.256 e. The maximum atomic E-state index is 9.46. The molecule has 1 aliphatic carbocycles. The quantitative estimate of drug-likeness (QED) is 0.141. The van der Waals surface area contributed by atoms with Crippen LogP contribution in [0.5, 0.6) is 11.5 Å². The lowest BCUT2D eigenvalue weighted by Gasteiger charge is -2.42. The molecule has 0 N–H and O–H groups in total. The van der Waals surface area contributed by atoms with E-state index in [4.69, 9.17) is 13.0 Å². The minimum absolute atomic E-state index is 0.00568. The molecule has 0 bridgehead atoms. The summed E-state index contributed by atoms with van der Waals surface area (Å²) in [6.45, 7) is 5.96. The standard InChI is InChI=1S/C77H56BNO/c1-76(2,3)60-49-64(53-29-14-6-15-30-53)75(65(50-60)54-31-16-7-17-32-54)79-69-46-55(51-25-10-4-11-26-51)41-43-67(69)78-68-45-56(42-44-71(68)80-72-48-57(47-70(79)74(72)78)52-27-12-5-13-28-52)61-38-24-39-63-62-37-22-23-40-66(62)77(73(61)63,58-33-18-8-19-34-58)59-35-20-9-21-36-59/h4-50H,1-3H3/i4D,5D,10D,11D,12D,13D,25D,26D,27D,28D. The van der Waals surface area contributed by atoms with Crippen LogP contribution >= 0.6 is 0 Å². The number of ether oxygens (including phenoxy) is 1. The third-order valence-corrected chi connectivity index (χ3v) is 16.5. The Balaban J connectivity index is 1.08. The number of fused-ring (bicyclic) bond motifs is 7. The van der Waals surface area contributed by atoms with E-state index in [2.05, 4.69) is 177 Å². The van der Waals surface area contributed by atoms with Crippen LogP contribution in [-0.4, -0.2) is 6.71 Å². The molecule has 3 heteroatoms. The van der Waals surface area contributed by atoms with Gasteiger partial charge in [0, 0.05) is 22.5 Å². The highest BCUT2D eigenvalue weighted by atomic mass is 16.5. The normalized spacial score (nSPS) is 15.1. The maximum absolute atomic E-state index is 9.46. The SMILES string of the molecule is [2H]c1c([2H])c([2H])c(-c2ccc3c(c2)N(c2c(-c4ccccc4)cc(C(C)(C)C)cc2-c2ccccc2)c2cc(-c4c([2H])c([2H])c([2H])c([2H])c4[2H])cc4c2B3c2cc(-c3cccc5c3C(c3ccccc3)(c3ccccc3)c3ccccc3-5)ccc2O4)c([2H])c1[2H]. The van der Waals surface area contributed by atoms with E-state index in [0.717, 1.165) is 88.8 Å². The van der Waals surface area contributed by atoms with E-state index < -0.39 is 48.4 Å². The fourth-order valence-corrected chi connectivity index (χ4v) is 13.0. The van der Waals surface area contributed by atoms with Crippen LogP contribution in [0.15, 0.2) is 285 Å². The molecule has 3 aliphatic rings. The van der Waals surface area contributed by atoms with Gasteiger partial charge in [0.15, 0.2) is 0 Å². The molecule has 2 aliphatic heterocycles. The van der Waals surface area contributed by atoms with Gasteiger partial charge >= 0.3 is 0 Å². The summed E-state index contributed by atoms with van der Waals surface area (Å²) in [6.07, 6.45) is 0. The van der Waals surface area contributed by atoms with Crippen LogP contribution in [0.2, 0.25) is 0 Å². The molecule has 2 heterocycles. The van der Waals surface area contributed by atoms with Crippen molar-refractivity contribution in [3.8, 4) is 78.3 Å². The zero-order valence-electron chi connectivity index (χ0n) is 54.3. The van der Waals surface area contributed by atoms with Crippen molar-refractivity contribution in [2.45, 2.75) is 31.6 Å². The molecular weight excluding hydrogens is 966 g/mol. The van der Waals surface area contributed by atoms with Crippen molar-refractivity contribution in [2.75, 3.05) is 4.90 Å². The molecular formula is C77H56BNO. The van der Waals surface area contributed by atoms with E-state index in [-0.39, 0.29) is 40.7 Å². The summed E-state index contributed by atoms with van der Waals surface area (Å²) in [4.78, 5) is 2.17. The number of nitrogens with zero attached hydrogens (tertiary/aromatic N) is 1. The lowest BCUT2D eigenvalue weighted by molar-refractivity contribution is 0.488. The Morgan fingerprint density at radius 3 is 1.56 bits per heavy atom. The van der Waals surface area contributed by atoms with Gasteiger partial charge in [-0.1, -0.05) is 269 Å². The molecule has 0 aromatic heterocycles. The lowest BCUT2D eigenvalue weighted by atomic mass is 9.34. The minimum Gasteiger partial charge on any atom is -0.458 e. The Hall–Kier alpha value is -9.70. The number of hydrogen-bond donors (Lipinski definition) is 0. The first kappa shape index (κ1) is 38.0. The van der Waals surface area contributed by atoms with Gasteiger partial charge in [0.05, 0.1) is 24.8 Å². The van der Waals surface area contributed by atoms with Crippen LogP contribution in [0.25, 0.3) is 66.8 Å². The Kier molecular flexibility index (Phi) is 8.90. The van der Waals surface area contributed by atoms with Gasteiger partial charge in [-0.25, -0.2) is 0 Å². The molecule has 12 aromatic rings. The van der Waals surface area contributed by atoms with Crippen molar-refractivity contribution >= 4 is 40.2 Å². The summed E-state index contributed by atoms with van der Waals surface area (Å²) in [5.74, 6) is 0.967. The van der Waals surface area contributed by atoms with Crippen LogP contribution in [-0.2, 0) is 10.8 Å². The predicted octanol–water partition coefficient (Wildman–Crippen LogP) is 18.1. The van der Waals surface area contributed by atoms with Crippen molar-refractivity contribution in [3.63, 3.8) is 0 Å². The summed E-state index contributed by atoms with van der Waals surface area (Å²) >= 11 is 0. The molecule has 378 valence electrons. The van der Waals surface area contributed by atoms with Crippen molar-refractivity contribution in [1.82, 2.24) is 0 Å². The van der Waals surface area contributed by atoms with Crippen LogP contribution in [0, 0.1) is 0 Å². The number of hydrogen-bond acceptors (Lipinski definition) is 2. The van der Waals surface area contributed by atoms with E-state index in [9.17, 15) is 5.48 Å². The number of benzene rings is 12. The van der Waals surface area contributed by atoms with E-state index in [1.165, 1.54) is 5.56 Å². The molecule has 0 unspecified atom stereocenters. The third-order valence-electron chi connectivity index (χ3n) is 16.5. The molecule has 0 saturated heterocycles. The van der Waals surface area contributed by atoms with Crippen LogP contribution < -0.4 is 26.0 Å². The molecule has 2 nitrogen and oxygen atoms in total. The van der Waals surface area contributed by atoms with Gasteiger partial charge in [0.25, 0.3) is 6.71 Å². The summed E-state index contributed by atoms with van der Waals surface area (Å²) < 4.78 is 98.1. The highest BCUT2D eigenvalue weighted by Gasteiger charge is 2.48. The molecule has 15 rings (SSSR count). The largest absolute Gasteiger partial charge is 0.458 e. The van der Waals surface area contributed by atoms with Crippen molar-refractivity contribution in [1.29, 1.82) is 0 Å². The molecule has 0 saturated carbocycles.